The Morgan fingerprint density at radius 1 is 1.00 bits per heavy atom. The molecule has 3 aliphatic rings. The summed E-state index contributed by atoms with van der Waals surface area (Å²) in [6.45, 7) is 9.59. The molecular formula is C16H31N3. The van der Waals surface area contributed by atoms with Crippen LogP contribution in [0, 0.1) is 0 Å². The van der Waals surface area contributed by atoms with Gasteiger partial charge in [-0.1, -0.05) is 13.8 Å². The van der Waals surface area contributed by atoms with Crippen LogP contribution in [0.4, 0.5) is 0 Å². The summed E-state index contributed by atoms with van der Waals surface area (Å²) in [5.74, 6) is 0. The number of nitrogens with one attached hydrogen (secondary N) is 1. The van der Waals surface area contributed by atoms with Gasteiger partial charge in [0.2, 0.25) is 0 Å². The van der Waals surface area contributed by atoms with E-state index in [9.17, 15) is 0 Å². The molecule has 19 heavy (non-hydrogen) atoms. The van der Waals surface area contributed by atoms with E-state index in [2.05, 4.69) is 29.0 Å². The number of hydrogen-bond donors (Lipinski definition) is 1. The lowest BCUT2D eigenvalue weighted by Crippen LogP contribution is -2.57. The minimum Gasteiger partial charge on any atom is -0.314 e. The fourth-order valence-corrected chi connectivity index (χ4v) is 4.83. The Bertz CT molecular complexity index is 280. The number of fused-ring (bicyclic) bond motifs is 2. The molecule has 0 aliphatic carbocycles. The highest BCUT2D eigenvalue weighted by atomic mass is 15.3. The molecule has 0 aromatic heterocycles. The topological polar surface area (TPSA) is 18.5 Å². The monoisotopic (exact) mass is 265 g/mol. The number of rotatable bonds is 4. The molecule has 0 spiro atoms. The zero-order chi connectivity index (χ0) is 13.2. The third kappa shape index (κ3) is 2.84. The van der Waals surface area contributed by atoms with Gasteiger partial charge in [-0.05, 0) is 58.2 Å². The zero-order valence-corrected chi connectivity index (χ0v) is 12.8. The molecule has 3 atom stereocenters. The maximum atomic E-state index is 3.69. The Kier molecular flexibility index (Phi) is 4.45. The molecule has 110 valence electrons. The predicted octanol–water partition coefficient (Wildman–Crippen LogP) is 2.08. The first kappa shape index (κ1) is 13.8. The summed E-state index contributed by atoms with van der Waals surface area (Å²) < 4.78 is 0. The second-order valence-corrected chi connectivity index (χ2v) is 6.75. The third-order valence-corrected chi connectivity index (χ3v) is 5.63. The first-order valence-electron chi connectivity index (χ1n) is 8.55. The molecule has 3 rings (SSSR count). The van der Waals surface area contributed by atoms with Crippen LogP contribution in [-0.4, -0.2) is 60.1 Å². The van der Waals surface area contributed by atoms with Crippen molar-refractivity contribution in [3.05, 3.63) is 0 Å². The van der Waals surface area contributed by atoms with Crippen molar-refractivity contribution in [2.24, 2.45) is 0 Å². The van der Waals surface area contributed by atoms with Crippen LogP contribution in [0.3, 0.4) is 0 Å². The molecule has 3 nitrogen and oxygen atoms in total. The second-order valence-electron chi connectivity index (χ2n) is 6.75. The lowest BCUT2D eigenvalue weighted by molar-refractivity contribution is 0.0286. The van der Waals surface area contributed by atoms with Gasteiger partial charge < -0.3 is 10.2 Å². The Morgan fingerprint density at radius 2 is 1.74 bits per heavy atom. The lowest BCUT2D eigenvalue weighted by Gasteiger charge is -2.47. The molecular weight excluding hydrogens is 234 g/mol. The van der Waals surface area contributed by atoms with Crippen LogP contribution in [0.2, 0.25) is 0 Å². The molecule has 3 heterocycles. The fraction of sp³-hybridized carbons (Fsp3) is 1.00. The van der Waals surface area contributed by atoms with Crippen molar-refractivity contribution in [3.8, 4) is 0 Å². The summed E-state index contributed by atoms with van der Waals surface area (Å²) in [4.78, 5) is 5.60. The molecule has 3 fully saturated rings. The largest absolute Gasteiger partial charge is 0.314 e. The first-order chi connectivity index (χ1) is 9.31. The summed E-state index contributed by atoms with van der Waals surface area (Å²) in [6, 6.07) is 3.41. The van der Waals surface area contributed by atoms with Crippen molar-refractivity contribution in [3.63, 3.8) is 0 Å². The minimum absolute atomic E-state index is 0.796. The maximum absolute atomic E-state index is 3.69. The third-order valence-electron chi connectivity index (χ3n) is 5.63. The Labute approximate surface area is 118 Å². The first-order valence-corrected chi connectivity index (χ1v) is 8.55. The van der Waals surface area contributed by atoms with Crippen molar-refractivity contribution in [1.29, 1.82) is 0 Å². The van der Waals surface area contributed by atoms with Gasteiger partial charge >= 0.3 is 0 Å². The highest BCUT2D eigenvalue weighted by molar-refractivity contribution is 5.01. The number of piperidine rings is 2. The van der Waals surface area contributed by atoms with E-state index in [1.807, 2.05) is 0 Å². The normalized spacial score (nSPS) is 40.7. The van der Waals surface area contributed by atoms with E-state index in [4.69, 9.17) is 0 Å². The Morgan fingerprint density at radius 3 is 2.37 bits per heavy atom. The van der Waals surface area contributed by atoms with Gasteiger partial charge in [-0.2, -0.15) is 0 Å². The second kappa shape index (κ2) is 6.11. The summed E-state index contributed by atoms with van der Waals surface area (Å²) in [5.41, 5.74) is 0. The average molecular weight is 265 g/mol. The summed E-state index contributed by atoms with van der Waals surface area (Å²) in [6.07, 6.45) is 8.55. The molecule has 0 amide bonds. The number of likely N-dealkylation sites (N-methyl/N-ethyl adjacent to an activating group) is 1. The quantitative estimate of drug-likeness (QED) is 0.839. The molecule has 3 aliphatic heterocycles. The number of likely N-dealkylation sites (tertiary alicyclic amines) is 1. The molecule has 0 aromatic rings. The molecule has 3 heteroatoms. The van der Waals surface area contributed by atoms with Crippen LogP contribution in [0.5, 0.6) is 0 Å². The predicted molar refractivity (Wildman–Crippen MR) is 80.5 cm³/mol. The van der Waals surface area contributed by atoms with Crippen LogP contribution < -0.4 is 5.32 Å². The van der Waals surface area contributed by atoms with Gasteiger partial charge in [-0.25, -0.2) is 0 Å². The van der Waals surface area contributed by atoms with Gasteiger partial charge in [0.05, 0.1) is 0 Å². The Hall–Kier alpha value is -0.120. The van der Waals surface area contributed by atoms with Gasteiger partial charge in [-0.3, -0.25) is 4.90 Å². The zero-order valence-electron chi connectivity index (χ0n) is 12.8. The van der Waals surface area contributed by atoms with E-state index in [1.54, 1.807) is 0 Å². The maximum Gasteiger partial charge on any atom is 0.0229 e. The highest BCUT2D eigenvalue weighted by Gasteiger charge is 2.44. The summed E-state index contributed by atoms with van der Waals surface area (Å²) >= 11 is 0. The van der Waals surface area contributed by atoms with Gasteiger partial charge in [0.1, 0.15) is 0 Å². The van der Waals surface area contributed by atoms with Crippen LogP contribution in [0.25, 0.3) is 0 Å². The van der Waals surface area contributed by atoms with E-state index >= 15 is 0 Å². The van der Waals surface area contributed by atoms with Gasteiger partial charge in [0.25, 0.3) is 0 Å². The van der Waals surface area contributed by atoms with Crippen molar-refractivity contribution < 1.29 is 0 Å². The van der Waals surface area contributed by atoms with Crippen LogP contribution in [0.15, 0.2) is 0 Å². The fourth-order valence-electron chi connectivity index (χ4n) is 4.83. The molecule has 0 saturated carbocycles. The van der Waals surface area contributed by atoms with Crippen LogP contribution in [-0.2, 0) is 0 Å². The molecule has 0 radical (unpaired) electrons. The molecule has 2 bridgehead atoms. The van der Waals surface area contributed by atoms with E-state index in [0.29, 0.717) is 0 Å². The Balaban J connectivity index is 1.63. The van der Waals surface area contributed by atoms with Gasteiger partial charge in [0, 0.05) is 30.7 Å². The average Bonchev–Trinajstić information content (AvgIpc) is 2.71. The van der Waals surface area contributed by atoms with Gasteiger partial charge in [-0.15, -0.1) is 0 Å². The van der Waals surface area contributed by atoms with Gasteiger partial charge in [0.15, 0.2) is 0 Å². The smallest absolute Gasteiger partial charge is 0.0229 e. The van der Waals surface area contributed by atoms with Crippen molar-refractivity contribution in [2.75, 3.05) is 26.2 Å². The van der Waals surface area contributed by atoms with E-state index in [-0.39, 0.29) is 0 Å². The summed E-state index contributed by atoms with van der Waals surface area (Å²) in [5, 5.41) is 3.69. The van der Waals surface area contributed by atoms with Crippen molar-refractivity contribution in [2.45, 2.75) is 76.5 Å². The van der Waals surface area contributed by atoms with Crippen LogP contribution >= 0.6 is 0 Å². The molecule has 3 saturated heterocycles. The SMILES string of the molecule is CCNC1CC2CCC(C1)N2C1CCCN(CC)C1. The van der Waals surface area contributed by atoms with E-state index in [0.717, 1.165) is 30.7 Å². The van der Waals surface area contributed by atoms with E-state index < -0.39 is 0 Å². The molecule has 3 unspecified atom stereocenters. The van der Waals surface area contributed by atoms with Crippen molar-refractivity contribution >= 4 is 0 Å². The molecule has 0 aromatic carbocycles. The van der Waals surface area contributed by atoms with E-state index in [1.165, 1.54) is 58.2 Å². The standard InChI is InChI=1S/C16H31N3/c1-3-17-13-10-14-7-8-15(11-13)19(14)16-6-5-9-18(4-2)12-16/h13-17H,3-12H2,1-2H3. The summed E-state index contributed by atoms with van der Waals surface area (Å²) in [7, 11) is 0. The lowest BCUT2D eigenvalue weighted by atomic mass is 9.92. The minimum atomic E-state index is 0.796. The highest BCUT2D eigenvalue weighted by Crippen LogP contribution is 2.38. The number of hydrogen-bond acceptors (Lipinski definition) is 3. The van der Waals surface area contributed by atoms with Crippen molar-refractivity contribution in [1.82, 2.24) is 15.1 Å². The molecule has 1 N–H and O–H groups in total. The van der Waals surface area contributed by atoms with Crippen LogP contribution in [0.1, 0.15) is 52.4 Å². The number of nitrogens with zero attached hydrogens (tertiary/aromatic N) is 2.